The van der Waals surface area contributed by atoms with Crippen LogP contribution in [0.5, 0.6) is 0 Å². The van der Waals surface area contributed by atoms with Crippen molar-refractivity contribution in [2.45, 2.75) is 26.8 Å². The van der Waals surface area contributed by atoms with Gasteiger partial charge in [0, 0.05) is 24.0 Å². The zero-order valence-corrected chi connectivity index (χ0v) is 7.64. The molecule has 0 aliphatic heterocycles. The van der Waals surface area contributed by atoms with Gasteiger partial charge in [0.05, 0.1) is 0 Å². The van der Waals surface area contributed by atoms with Crippen LogP contribution in [-0.2, 0) is 6.54 Å². The molecule has 0 aromatic carbocycles. The van der Waals surface area contributed by atoms with Crippen LogP contribution in [0.4, 0.5) is 8.78 Å². The van der Waals surface area contributed by atoms with Crippen molar-refractivity contribution in [1.82, 2.24) is 4.98 Å². The van der Waals surface area contributed by atoms with Gasteiger partial charge in [0.2, 0.25) is 0 Å². The first-order chi connectivity index (χ1) is 6.07. The van der Waals surface area contributed by atoms with Gasteiger partial charge in [0.1, 0.15) is 0 Å². The Morgan fingerprint density at radius 1 is 1.46 bits per heavy atom. The van der Waals surface area contributed by atoms with Crippen LogP contribution in [0.3, 0.4) is 0 Å². The second kappa shape index (κ2) is 3.79. The van der Waals surface area contributed by atoms with Crippen molar-refractivity contribution >= 4 is 0 Å². The number of nitrogens with two attached hydrogens (primary N) is 1. The Hall–Kier alpha value is -1.03. The fourth-order valence-electron chi connectivity index (χ4n) is 1.34. The summed E-state index contributed by atoms with van der Waals surface area (Å²) in [6.45, 7) is 3.42. The standard InChI is InChI=1S/C9H12F2N2/c1-5-4-13-6(2)7(3-12)8(5)9(10)11/h4,9H,3,12H2,1-2H3. The highest BCUT2D eigenvalue weighted by Crippen LogP contribution is 2.26. The summed E-state index contributed by atoms with van der Waals surface area (Å²) in [4.78, 5) is 3.98. The van der Waals surface area contributed by atoms with Gasteiger partial charge in [-0.05, 0) is 25.0 Å². The Labute approximate surface area is 75.8 Å². The molecule has 0 amide bonds. The average Bonchev–Trinajstić information content (AvgIpc) is 2.07. The minimum Gasteiger partial charge on any atom is -0.326 e. The molecule has 2 N–H and O–H groups in total. The molecule has 13 heavy (non-hydrogen) atoms. The third-order valence-corrected chi connectivity index (χ3v) is 2.06. The maximum Gasteiger partial charge on any atom is 0.264 e. The lowest BCUT2D eigenvalue weighted by Gasteiger charge is -2.11. The van der Waals surface area contributed by atoms with Crippen LogP contribution in [0.25, 0.3) is 0 Å². The monoisotopic (exact) mass is 186 g/mol. The largest absolute Gasteiger partial charge is 0.326 e. The van der Waals surface area contributed by atoms with Crippen molar-refractivity contribution in [3.63, 3.8) is 0 Å². The lowest BCUT2D eigenvalue weighted by molar-refractivity contribution is 0.149. The predicted molar refractivity (Wildman–Crippen MR) is 46.6 cm³/mol. The lowest BCUT2D eigenvalue weighted by atomic mass is 10.0. The molecule has 1 aromatic heterocycles. The van der Waals surface area contributed by atoms with E-state index < -0.39 is 6.43 Å². The SMILES string of the molecule is Cc1cnc(C)c(CN)c1C(F)F. The predicted octanol–water partition coefficient (Wildman–Crippen LogP) is 2.09. The Morgan fingerprint density at radius 2 is 2.08 bits per heavy atom. The molecule has 0 saturated heterocycles. The summed E-state index contributed by atoms with van der Waals surface area (Å²) < 4.78 is 25.1. The summed E-state index contributed by atoms with van der Waals surface area (Å²) in [5.41, 5.74) is 6.98. The summed E-state index contributed by atoms with van der Waals surface area (Å²) in [6, 6.07) is 0. The van der Waals surface area contributed by atoms with Crippen molar-refractivity contribution in [3.8, 4) is 0 Å². The van der Waals surface area contributed by atoms with Crippen molar-refractivity contribution < 1.29 is 8.78 Å². The van der Waals surface area contributed by atoms with E-state index in [1.54, 1.807) is 13.8 Å². The summed E-state index contributed by atoms with van der Waals surface area (Å²) in [5, 5.41) is 0. The van der Waals surface area contributed by atoms with Crippen LogP contribution in [0.15, 0.2) is 6.20 Å². The average molecular weight is 186 g/mol. The topological polar surface area (TPSA) is 38.9 Å². The molecular weight excluding hydrogens is 174 g/mol. The van der Waals surface area contributed by atoms with Crippen LogP contribution in [0.2, 0.25) is 0 Å². The van der Waals surface area contributed by atoms with Gasteiger partial charge in [-0.15, -0.1) is 0 Å². The summed E-state index contributed by atoms with van der Waals surface area (Å²) in [6.07, 6.45) is -1.02. The molecule has 0 bridgehead atoms. The van der Waals surface area contributed by atoms with Crippen molar-refractivity contribution in [3.05, 3.63) is 28.6 Å². The molecule has 0 aliphatic carbocycles. The van der Waals surface area contributed by atoms with E-state index in [4.69, 9.17) is 5.73 Å². The third-order valence-electron chi connectivity index (χ3n) is 2.06. The first-order valence-corrected chi connectivity index (χ1v) is 4.01. The molecule has 2 nitrogen and oxygen atoms in total. The molecular formula is C9H12F2N2. The summed E-state index contributed by atoms with van der Waals surface area (Å²) in [5.74, 6) is 0. The smallest absolute Gasteiger partial charge is 0.264 e. The van der Waals surface area contributed by atoms with E-state index in [0.29, 0.717) is 16.8 Å². The van der Waals surface area contributed by atoms with E-state index in [-0.39, 0.29) is 12.1 Å². The second-order valence-corrected chi connectivity index (χ2v) is 2.92. The minimum atomic E-state index is -2.47. The van der Waals surface area contributed by atoms with Crippen LogP contribution >= 0.6 is 0 Å². The Bertz CT molecular complexity index is 311. The van der Waals surface area contributed by atoms with Gasteiger partial charge in [0.15, 0.2) is 0 Å². The van der Waals surface area contributed by atoms with Crippen LogP contribution < -0.4 is 5.73 Å². The van der Waals surface area contributed by atoms with Gasteiger partial charge in [-0.3, -0.25) is 4.98 Å². The quantitative estimate of drug-likeness (QED) is 0.768. The molecule has 0 atom stereocenters. The Kier molecular flexibility index (Phi) is 2.93. The first-order valence-electron chi connectivity index (χ1n) is 4.01. The summed E-state index contributed by atoms with van der Waals surface area (Å²) in [7, 11) is 0. The second-order valence-electron chi connectivity index (χ2n) is 2.92. The maximum atomic E-state index is 12.6. The third kappa shape index (κ3) is 1.83. The normalized spacial score (nSPS) is 10.9. The van der Waals surface area contributed by atoms with Gasteiger partial charge < -0.3 is 5.73 Å². The fourth-order valence-corrected chi connectivity index (χ4v) is 1.34. The van der Waals surface area contributed by atoms with Gasteiger partial charge in [0.25, 0.3) is 6.43 Å². The highest BCUT2D eigenvalue weighted by molar-refractivity contribution is 5.36. The Balaban J connectivity index is 3.35. The molecule has 1 heterocycles. The van der Waals surface area contributed by atoms with Gasteiger partial charge in [-0.25, -0.2) is 8.78 Å². The van der Waals surface area contributed by atoms with E-state index in [1.165, 1.54) is 6.20 Å². The van der Waals surface area contributed by atoms with Crippen molar-refractivity contribution in [2.75, 3.05) is 0 Å². The zero-order valence-electron chi connectivity index (χ0n) is 7.64. The zero-order chi connectivity index (χ0) is 10.0. The molecule has 0 spiro atoms. The molecule has 0 saturated carbocycles. The number of nitrogens with zero attached hydrogens (tertiary/aromatic N) is 1. The molecule has 1 aromatic rings. The minimum absolute atomic E-state index is 0.0370. The molecule has 4 heteroatoms. The molecule has 1 rings (SSSR count). The summed E-state index contributed by atoms with van der Waals surface area (Å²) >= 11 is 0. The van der Waals surface area contributed by atoms with E-state index >= 15 is 0 Å². The van der Waals surface area contributed by atoms with Crippen LogP contribution in [0.1, 0.15) is 28.8 Å². The van der Waals surface area contributed by atoms with Crippen LogP contribution in [-0.4, -0.2) is 4.98 Å². The van der Waals surface area contributed by atoms with Gasteiger partial charge in [-0.1, -0.05) is 0 Å². The fraction of sp³-hybridized carbons (Fsp3) is 0.444. The van der Waals surface area contributed by atoms with Gasteiger partial charge in [-0.2, -0.15) is 0 Å². The number of rotatable bonds is 2. The Morgan fingerprint density at radius 3 is 2.46 bits per heavy atom. The molecule has 0 radical (unpaired) electrons. The van der Waals surface area contributed by atoms with E-state index in [9.17, 15) is 8.78 Å². The number of alkyl halides is 2. The number of hydrogen-bond acceptors (Lipinski definition) is 2. The van der Waals surface area contributed by atoms with E-state index in [1.807, 2.05) is 0 Å². The maximum absolute atomic E-state index is 12.6. The number of pyridine rings is 1. The number of hydrogen-bond donors (Lipinski definition) is 1. The van der Waals surface area contributed by atoms with E-state index in [0.717, 1.165) is 0 Å². The molecule has 0 fully saturated rings. The molecule has 0 aliphatic rings. The first kappa shape index (κ1) is 10.1. The van der Waals surface area contributed by atoms with Crippen molar-refractivity contribution in [1.29, 1.82) is 0 Å². The van der Waals surface area contributed by atoms with Crippen molar-refractivity contribution in [2.24, 2.45) is 5.73 Å². The highest BCUT2D eigenvalue weighted by Gasteiger charge is 2.17. The molecule has 72 valence electrons. The lowest BCUT2D eigenvalue weighted by Crippen LogP contribution is -2.08. The number of halogens is 2. The number of aromatic nitrogens is 1. The van der Waals surface area contributed by atoms with E-state index in [2.05, 4.69) is 4.98 Å². The highest BCUT2D eigenvalue weighted by atomic mass is 19.3. The van der Waals surface area contributed by atoms with Crippen LogP contribution in [0, 0.1) is 13.8 Å². The van der Waals surface area contributed by atoms with Gasteiger partial charge >= 0.3 is 0 Å². The molecule has 0 unspecified atom stereocenters. The number of aryl methyl sites for hydroxylation is 2.